The minimum absolute atomic E-state index is 0. The van der Waals surface area contributed by atoms with Crippen LogP contribution in [0.1, 0.15) is 7.43 Å². The molecule has 0 aliphatic carbocycles. The molecule has 0 spiro atoms. The van der Waals surface area contributed by atoms with Gasteiger partial charge < -0.3 is 19.3 Å². The standard InChI is InChI=1S/C9H7ClF3IO2.C7H4ClF3O2.CH4/c10-7-5-6(16-9(11,12)13)1-2-8(7)15-4-3-14;8-5-3-4(1-2-6(5)12)13-7(9,10)11;/h1-2,5H,3-4H2;1-3,12H;1H4. The van der Waals surface area contributed by atoms with Crippen LogP contribution in [0.25, 0.3) is 0 Å². The van der Waals surface area contributed by atoms with Gasteiger partial charge in [-0.3, -0.25) is 0 Å². The lowest BCUT2D eigenvalue weighted by Gasteiger charge is -2.11. The summed E-state index contributed by atoms with van der Waals surface area (Å²) in [5.41, 5.74) is 0. The van der Waals surface area contributed by atoms with E-state index in [-0.39, 0.29) is 29.0 Å². The average Bonchev–Trinajstić information content (AvgIpc) is 2.55. The van der Waals surface area contributed by atoms with Gasteiger partial charge >= 0.3 is 12.7 Å². The van der Waals surface area contributed by atoms with Crippen LogP contribution in [-0.4, -0.2) is 28.9 Å². The van der Waals surface area contributed by atoms with Crippen molar-refractivity contribution >= 4 is 45.8 Å². The normalized spacial score (nSPS) is 11.0. The highest BCUT2D eigenvalue weighted by atomic mass is 127. The number of phenols is 1. The highest BCUT2D eigenvalue weighted by Gasteiger charge is 2.32. The van der Waals surface area contributed by atoms with Gasteiger partial charge in [0.15, 0.2) is 0 Å². The highest BCUT2D eigenvalue weighted by molar-refractivity contribution is 14.1. The van der Waals surface area contributed by atoms with Crippen LogP contribution in [0.5, 0.6) is 23.0 Å². The zero-order valence-electron chi connectivity index (χ0n) is 14.0. The Balaban J connectivity index is 0.000000553. The second kappa shape index (κ2) is 12.4. The number of hydrogen-bond donors (Lipinski definition) is 1. The van der Waals surface area contributed by atoms with E-state index in [1.54, 1.807) is 0 Å². The molecule has 2 aromatic rings. The number of rotatable bonds is 5. The Kier molecular flexibility index (Phi) is 11.8. The van der Waals surface area contributed by atoms with Crippen LogP contribution >= 0.6 is 45.8 Å². The summed E-state index contributed by atoms with van der Waals surface area (Å²) in [5, 5.41) is 8.77. The zero-order valence-corrected chi connectivity index (χ0v) is 17.6. The van der Waals surface area contributed by atoms with Gasteiger partial charge in [-0.2, -0.15) is 0 Å². The summed E-state index contributed by atoms with van der Waals surface area (Å²) in [6, 6.07) is 6.43. The second-order valence-electron chi connectivity index (χ2n) is 4.84. The number of phenolic OH excluding ortho intramolecular Hbond substituents is 1. The summed E-state index contributed by atoms with van der Waals surface area (Å²) >= 11 is 13.2. The summed E-state index contributed by atoms with van der Waals surface area (Å²) < 4.78 is 83.8. The van der Waals surface area contributed by atoms with Crippen molar-refractivity contribution in [3.63, 3.8) is 0 Å². The molecular formula is C17H15Cl2F6IO4. The maximum atomic E-state index is 11.9. The molecule has 2 aromatic carbocycles. The molecule has 0 heterocycles. The van der Waals surface area contributed by atoms with Crippen molar-refractivity contribution in [1.29, 1.82) is 0 Å². The average molecular weight is 595 g/mol. The lowest BCUT2D eigenvalue weighted by atomic mass is 10.3. The number of ether oxygens (including phenoxy) is 3. The Morgan fingerprint density at radius 2 is 1.30 bits per heavy atom. The van der Waals surface area contributed by atoms with E-state index in [0.717, 1.165) is 34.8 Å². The van der Waals surface area contributed by atoms with Gasteiger partial charge in [0.2, 0.25) is 0 Å². The molecule has 1 N–H and O–H groups in total. The topological polar surface area (TPSA) is 47.9 Å². The molecule has 0 aromatic heterocycles. The van der Waals surface area contributed by atoms with E-state index in [9.17, 15) is 26.3 Å². The van der Waals surface area contributed by atoms with E-state index in [4.69, 9.17) is 33.0 Å². The van der Waals surface area contributed by atoms with Gasteiger partial charge in [0.1, 0.15) is 23.0 Å². The van der Waals surface area contributed by atoms with Crippen LogP contribution in [-0.2, 0) is 0 Å². The summed E-state index contributed by atoms with van der Waals surface area (Å²) in [5.74, 6) is -0.779. The first kappa shape index (κ1) is 28.5. The molecule has 30 heavy (non-hydrogen) atoms. The number of hydrogen-bond acceptors (Lipinski definition) is 4. The number of aromatic hydroxyl groups is 1. The van der Waals surface area contributed by atoms with Crippen molar-refractivity contribution in [2.24, 2.45) is 0 Å². The number of alkyl halides is 7. The Labute approximate surface area is 191 Å². The predicted molar refractivity (Wildman–Crippen MR) is 109 cm³/mol. The van der Waals surface area contributed by atoms with Gasteiger partial charge in [-0.05, 0) is 24.3 Å². The van der Waals surface area contributed by atoms with Crippen molar-refractivity contribution in [3.05, 3.63) is 46.4 Å². The van der Waals surface area contributed by atoms with Crippen LogP contribution in [0.15, 0.2) is 36.4 Å². The smallest absolute Gasteiger partial charge is 0.506 e. The van der Waals surface area contributed by atoms with Gasteiger partial charge in [0.25, 0.3) is 0 Å². The van der Waals surface area contributed by atoms with Gasteiger partial charge in [-0.1, -0.05) is 53.2 Å². The molecule has 0 fully saturated rings. The Morgan fingerprint density at radius 3 is 1.70 bits per heavy atom. The molecular weight excluding hydrogens is 580 g/mol. The van der Waals surface area contributed by atoms with Crippen LogP contribution in [0.4, 0.5) is 26.3 Å². The van der Waals surface area contributed by atoms with Crippen molar-refractivity contribution in [2.75, 3.05) is 11.0 Å². The van der Waals surface area contributed by atoms with E-state index in [2.05, 4.69) is 32.1 Å². The van der Waals surface area contributed by atoms with E-state index in [1.807, 2.05) is 0 Å². The predicted octanol–water partition coefficient (Wildman–Crippen LogP) is 7.63. The summed E-state index contributed by atoms with van der Waals surface area (Å²) in [6.07, 6.45) is -9.46. The van der Waals surface area contributed by atoms with E-state index >= 15 is 0 Å². The van der Waals surface area contributed by atoms with Gasteiger partial charge in [-0.25, -0.2) is 0 Å². The lowest BCUT2D eigenvalue weighted by molar-refractivity contribution is -0.275. The first-order valence-electron chi connectivity index (χ1n) is 7.29. The van der Waals surface area contributed by atoms with Crippen LogP contribution in [0.2, 0.25) is 10.0 Å². The van der Waals surface area contributed by atoms with Gasteiger partial charge in [-0.15, -0.1) is 26.3 Å². The van der Waals surface area contributed by atoms with E-state index < -0.39 is 18.5 Å². The molecule has 0 aliphatic heterocycles. The quantitative estimate of drug-likeness (QED) is 0.220. The van der Waals surface area contributed by atoms with Crippen molar-refractivity contribution in [3.8, 4) is 23.0 Å². The molecule has 4 nitrogen and oxygen atoms in total. The third-order valence-electron chi connectivity index (χ3n) is 2.62. The fraction of sp³-hybridized carbons (Fsp3) is 0.294. The molecule has 170 valence electrons. The second-order valence-corrected chi connectivity index (χ2v) is 6.73. The summed E-state index contributed by atoms with van der Waals surface area (Å²) in [4.78, 5) is 0. The fourth-order valence-electron chi connectivity index (χ4n) is 1.63. The third kappa shape index (κ3) is 11.6. The molecule has 13 heteroatoms. The van der Waals surface area contributed by atoms with Gasteiger partial charge in [0, 0.05) is 16.6 Å². The molecule has 0 unspecified atom stereocenters. The van der Waals surface area contributed by atoms with Crippen LogP contribution < -0.4 is 14.2 Å². The highest BCUT2D eigenvalue weighted by Crippen LogP contribution is 2.32. The summed E-state index contributed by atoms with van der Waals surface area (Å²) in [7, 11) is 0. The minimum Gasteiger partial charge on any atom is -0.506 e. The molecule has 0 saturated carbocycles. The molecule has 0 saturated heterocycles. The lowest BCUT2D eigenvalue weighted by Crippen LogP contribution is -2.17. The fourth-order valence-corrected chi connectivity index (χ4v) is 2.24. The zero-order chi connectivity index (χ0) is 22.2. The summed E-state index contributed by atoms with van der Waals surface area (Å²) in [6.45, 7) is 0.444. The number of halogens is 9. The first-order valence-corrected chi connectivity index (χ1v) is 9.57. The van der Waals surface area contributed by atoms with Gasteiger partial charge in [0.05, 0.1) is 16.7 Å². The molecule has 0 atom stereocenters. The Morgan fingerprint density at radius 1 is 0.833 bits per heavy atom. The number of benzene rings is 2. The van der Waals surface area contributed by atoms with Crippen LogP contribution in [0, 0.1) is 0 Å². The SMILES string of the molecule is C.FC(F)(F)Oc1ccc(OCCI)c(Cl)c1.Oc1ccc(OC(F)(F)F)cc1Cl. The molecule has 0 radical (unpaired) electrons. The maximum absolute atomic E-state index is 11.9. The third-order valence-corrected chi connectivity index (χ3v) is 3.66. The molecule has 0 aliphatic rings. The Hall–Kier alpha value is -1.47. The van der Waals surface area contributed by atoms with Crippen LogP contribution in [0.3, 0.4) is 0 Å². The largest absolute Gasteiger partial charge is 0.573 e. The Bertz CT molecular complexity index is 803. The molecule has 2 rings (SSSR count). The monoisotopic (exact) mass is 594 g/mol. The molecule has 0 amide bonds. The van der Waals surface area contributed by atoms with E-state index in [0.29, 0.717) is 12.4 Å². The first-order chi connectivity index (χ1) is 13.3. The minimum atomic E-state index is -4.75. The van der Waals surface area contributed by atoms with Crippen molar-refractivity contribution < 1.29 is 45.7 Å². The van der Waals surface area contributed by atoms with Crippen molar-refractivity contribution in [1.82, 2.24) is 0 Å². The van der Waals surface area contributed by atoms with E-state index in [1.165, 1.54) is 6.07 Å². The van der Waals surface area contributed by atoms with Crippen molar-refractivity contribution in [2.45, 2.75) is 20.2 Å². The molecule has 0 bridgehead atoms. The maximum Gasteiger partial charge on any atom is 0.573 e.